The van der Waals surface area contributed by atoms with Gasteiger partial charge in [0.2, 0.25) is 0 Å². The minimum absolute atomic E-state index is 0.00954. The summed E-state index contributed by atoms with van der Waals surface area (Å²) in [5.74, 6) is 0. The molecule has 1 aliphatic rings. The molecule has 1 atom stereocenters. The van der Waals surface area contributed by atoms with Crippen LogP contribution < -0.4 is 5.32 Å². The second-order valence-corrected chi connectivity index (χ2v) is 7.11. The van der Waals surface area contributed by atoms with Crippen LogP contribution in [0.25, 0.3) is 10.9 Å². The van der Waals surface area contributed by atoms with Crippen LogP contribution in [0.3, 0.4) is 0 Å². The van der Waals surface area contributed by atoms with Crippen LogP contribution in [0.4, 0.5) is 4.79 Å². The average molecular weight is 315 g/mol. The van der Waals surface area contributed by atoms with Crippen molar-refractivity contribution < 1.29 is 9.53 Å². The van der Waals surface area contributed by atoms with Gasteiger partial charge in [-0.2, -0.15) is 0 Å². The Labute approximate surface area is 137 Å². The molecule has 1 unspecified atom stereocenters. The fourth-order valence-corrected chi connectivity index (χ4v) is 3.16. The smallest absolute Gasteiger partial charge is 0.410 e. The van der Waals surface area contributed by atoms with E-state index in [2.05, 4.69) is 28.2 Å². The van der Waals surface area contributed by atoms with E-state index in [0.717, 1.165) is 13.1 Å². The monoisotopic (exact) mass is 315 g/mol. The second kappa shape index (κ2) is 5.89. The van der Waals surface area contributed by atoms with Crippen molar-refractivity contribution >= 4 is 17.0 Å². The molecule has 124 valence electrons. The molecule has 5 heteroatoms. The number of para-hydroxylation sites is 1. The number of aromatic nitrogens is 1. The quantitative estimate of drug-likeness (QED) is 0.880. The van der Waals surface area contributed by atoms with Crippen molar-refractivity contribution in [3.05, 3.63) is 36.0 Å². The molecule has 5 nitrogen and oxygen atoms in total. The number of amides is 1. The highest BCUT2D eigenvalue weighted by molar-refractivity contribution is 5.85. The molecule has 0 bridgehead atoms. The van der Waals surface area contributed by atoms with Crippen LogP contribution in [0.15, 0.2) is 30.5 Å². The molecule has 3 rings (SSSR count). The molecule has 1 aliphatic heterocycles. The van der Waals surface area contributed by atoms with Crippen molar-refractivity contribution in [1.82, 2.24) is 14.8 Å². The number of aryl methyl sites for hydroxylation is 1. The summed E-state index contributed by atoms with van der Waals surface area (Å²) in [5.41, 5.74) is 1.86. The van der Waals surface area contributed by atoms with Gasteiger partial charge in [-0.25, -0.2) is 4.79 Å². The highest BCUT2D eigenvalue weighted by atomic mass is 16.6. The second-order valence-electron chi connectivity index (χ2n) is 7.11. The lowest BCUT2D eigenvalue weighted by Gasteiger charge is -2.37. The van der Waals surface area contributed by atoms with Gasteiger partial charge in [-0.05, 0) is 26.8 Å². The van der Waals surface area contributed by atoms with Gasteiger partial charge in [0, 0.05) is 49.3 Å². The van der Waals surface area contributed by atoms with Crippen LogP contribution in [0.2, 0.25) is 0 Å². The number of nitrogens with one attached hydrogen (secondary N) is 1. The van der Waals surface area contributed by atoms with Crippen LogP contribution in [0, 0.1) is 0 Å². The van der Waals surface area contributed by atoms with E-state index < -0.39 is 5.60 Å². The number of nitrogens with zero attached hydrogens (tertiary/aromatic N) is 2. The van der Waals surface area contributed by atoms with Crippen molar-refractivity contribution in [2.24, 2.45) is 7.05 Å². The van der Waals surface area contributed by atoms with E-state index in [1.54, 1.807) is 0 Å². The van der Waals surface area contributed by atoms with Crippen molar-refractivity contribution in [3.63, 3.8) is 0 Å². The fourth-order valence-electron chi connectivity index (χ4n) is 3.16. The van der Waals surface area contributed by atoms with Crippen molar-refractivity contribution in [1.29, 1.82) is 0 Å². The average Bonchev–Trinajstić information content (AvgIpc) is 2.83. The van der Waals surface area contributed by atoms with Gasteiger partial charge in [0.05, 0.1) is 6.04 Å². The van der Waals surface area contributed by atoms with Gasteiger partial charge >= 0.3 is 6.09 Å². The number of hydrogen-bond acceptors (Lipinski definition) is 3. The SMILES string of the molecule is Cn1cc(C2CNCCN2C(=O)OC(C)(C)C)c2ccccc21. The molecule has 0 spiro atoms. The lowest BCUT2D eigenvalue weighted by Crippen LogP contribution is -2.50. The molecule has 1 aromatic carbocycles. The normalized spacial score (nSPS) is 19.1. The van der Waals surface area contributed by atoms with Crippen LogP contribution >= 0.6 is 0 Å². The molecule has 0 saturated carbocycles. The maximum absolute atomic E-state index is 12.6. The number of carbonyl (C=O) groups excluding carboxylic acids is 1. The van der Waals surface area contributed by atoms with Crippen LogP contribution in [-0.4, -0.2) is 40.8 Å². The summed E-state index contributed by atoms with van der Waals surface area (Å²) in [6, 6.07) is 8.29. The van der Waals surface area contributed by atoms with E-state index in [-0.39, 0.29) is 12.1 Å². The Bertz CT molecular complexity index is 715. The minimum Gasteiger partial charge on any atom is -0.444 e. The van der Waals surface area contributed by atoms with Crippen LogP contribution in [0.5, 0.6) is 0 Å². The predicted octanol–water partition coefficient (Wildman–Crippen LogP) is 3.06. The molecule has 0 aliphatic carbocycles. The maximum atomic E-state index is 12.6. The molecule has 2 heterocycles. The molecule has 0 radical (unpaired) electrons. The Morgan fingerprint density at radius 2 is 2.04 bits per heavy atom. The number of piperazine rings is 1. The summed E-state index contributed by atoms with van der Waals surface area (Å²) in [6.45, 7) is 7.90. The van der Waals surface area contributed by atoms with E-state index in [4.69, 9.17) is 4.74 Å². The van der Waals surface area contributed by atoms with Gasteiger partial charge < -0.3 is 14.6 Å². The number of benzene rings is 1. The highest BCUT2D eigenvalue weighted by Gasteiger charge is 2.32. The zero-order valence-electron chi connectivity index (χ0n) is 14.3. The van der Waals surface area contributed by atoms with Gasteiger partial charge in [0.15, 0.2) is 0 Å². The van der Waals surface area contributed by atoms with E-state index in [9.17, 15) is 4.79 Å². The first-order valence-corrected chi connectivity index (χ1v) is 8.11. The number of carbonyl (C=O) groups is 1. The summed E-state index contributed by atoms with van der Waals surface area (Å²) >= 11 is 0. The van der Waals surface area contributed by atoms with Gasteiger partial charge in [-0.3, -0.25) is 4.90 Å². The number of hydrogen-bond donors (Lipinski definition) is 1. The lowest BCUT2D eigenvalue weighted by atomic mass is 10.0. The largest absolute Gasteiger partial charge is 0.444 e. The molecule has 2 aromatic rings. The van der Waals surface area contributed by atoms with E-state index in [0.29, 0.717) is 6.54 Å². The van der Waals surface area contributed by atoms with Gasteiger partial charge in [-0.1, -0.05) is 18.2 Å². The number of rotatable bonds is 1. The Hall–Kier alpha value is -2.01. The molecule has 23 heavy (non-hydrogen) atoms. The molecule has 1 aromatic heterocycles. The minimum atomic E-state index is -0.481. The first-order chi connectivity index (χ1) is 10.9. The summed E-state index contributed by atoms with van der Waals surface area (Å²) in [6.07, 6.45) is 1.89. The zero-order chi connectivity index (χ0) is 16.6. The standard InChI is InChI=1S/C18H25N3O2/c1-18(2,3)23-17(22)21-10-9-19-11-16(21)14-12-20(4)15-8-6-5-7-13(14)15/h5-8,12,16,19H,9-11H2,1-4H3. The molecule has 1 saturated heterocycles. The fraction of sp³-hybridized carbons (Fsp3) is 0.500. The Balaban J connectivity index is 1.96. The summed E-state index contributed by atoms with van der Waals surface area (Å²) in [7, 11) is 2.04. The molecule has 1 amide bonds. The molecule has 1 N–H and O–H groups in total. The zero-order valence-corrected chi connectivity index (χ0v) is 14.3. The van der Waals surface area contributed by atoms with Crippen molar-refractivity contribution in [2.75, 3.05) is 19.6 Å². The highest BCUT2D eigenvalue weighted by Crippen LogP contribution is 2.31. The van der Waals surface area contributed by atoms with E-state index >= 15 is 0 Å². The Morgan fingerprint density at radius 3 is 2.78 bits per heavy atom. The van der Waals surface area contributed by atoms with Gasteiger partial charge in [0.1, 0.15) is 5.60 Å². The van der Waals surface area contributed by atoms with E-state index in [1.807, 2.05) is 44.9 Å². The van der Waals surface area contributed by atoms with Crippen molar-refractivity contribution in [3.8, 4) is 0 Å². The maximum Gasteiger partial charge on any atom is 0.410 e. The summed E-state index contributed by atoms with van der Waals surface area (Å²) in [4.78, 5) is 14.5. The summed E-state index contributed by atoms with van der Waals surface area (Å²) in [5, 5.41) is 4.59. The Morgan fingerprint density at radius 1 is 1.30 bits per heavy atom. The lowest BCUT2D eigenvalue weighted by molar-refractivity contribution is 0.0119. The first kappa shape index (κ1) is 15.9. The van der Waals surface area contributed by atoms with Crippen LogP contribution in [0.1, 0.15) is 32.4 Å². The third-order valence-electron chi connectivity index (χ3n) is 4.16. The number of ether oxygens (including phenoxy) is 1. The van der Waals surface area contributed by atoms with Crippen LogP contribution in [-0.2, 0) is 11.8 Å². The van der Waals surface area contributed by atoms with Gasteiger partial charge in [0.25, 0.3) is 0 Å². The topological polar surface area (TPSA) is 46.5 Å². The van der Waals surface area contributed by atoms with E-state index in [1.165, 1.54) is 16.5 Å². The first-order valence-electron chi connectivity index (χ1n) is 8.11. The molecule has 1 fully saturated rings. The van der Waals surface area contributed by atoms with Gasteiger partial charge in [-0.15, -0.1) is 0 Å². The summed E-state index contributed by atoms with van der Waals surface area (Å²) < 4.78 is 7.72. The predicted molar refractivity (Wildman–Crippen MR) is 91.5 cm³/mol. The molecular weight excluding hydrogens is 290 g/mol. The molecular formula is C18H25N3O2. The third kappa shape index (κ3) is 3.20. The Kier molecular flexibility index (Phi) is 4.06. The third-order valence-corrected chi connectivity index (χ3v) is 4.16. The number of fused-ring (bicyclic) bond motifs is 1. The van der Waals surface area contributed by atoms with Crippen molar-refractivity contribution in [2.45, 2.75) is 32.4 Å².